The fourth-order valence-corrected chi connectivity index (χ4v) is 3.76. The molecule has 0 spiro atoms. The maximum absolute atomic E-state index is 10.4. The van der Waals surface area contributed by atoms with Crippen molar-refractivity contribution in [2.75, 3.05) is 6.54 Å². The second-order valence-corrected chi connectivity index (χ2v) is 7.80. The van der Waals surface area contributed by atoms with E-state index in [2.05, 4.69) is 72.8 Å². The van der Waals surface area contributed by atoms with Gasteiger partial charge in [-0.25, -0.2) is 0 Å². The first-order valence-electron chi connectivity index (χ1n) is 8.69. The third-order valence-electron chi connectivity index (χ3n) is 4.57. The summed E-state index contributed by atoms with van der Waals surface area (Å²) < 4.78 is 1.00. The molecule has 0 fully saturated rings. The molecule has 0 saturated heterocycles. The lowest BCUT2D eigenvalue weighted by molar-refractivity contribution is 0.170. The Kier molecular flexibility index (Phi) is 8.98. The van der Waals surface area contributed by atoms with Crippen LogP contribution >= 0.6 is 28.3 Å². The lowest BCUT2D eigenvalue weighted by atomic mass is 9.87. The smallest absolute Gasteiger partial charge is 0.119 e. The van der Waals surface area contributed by atoms with Gasteiger partial charge in [0.1, 0.15) is 5.75 Å². The Morgan fingerprint density at radius 3 is 2.12 bits per heavy atom. The Bertz CT molecular complexity index is 638. The standard InChI is InChI=1S/C21H28BrNO.ClH/c1-15(2)23(16(3)4)13-12-19(17-8-6-5-7-9-17)20-14-18(22)10-11-21(20)24;/h5-11,14-16,19,24H,12-13H2,1-4H3;1H. The van der Waals surface area contributed by atoms with Crippen molar-refractivity contribution in [1.82, 2.24) is 4.90 Å². The molecule has 25 heavy (non-hydrogen) atoms. The summed E-state index contributed by atoms with van der Waals surface area (Å²) in [6.07, 6.45) is 0.977. The molecule has 0 aliphatic heterocycles. The van der Waals surface area contributed by atoms with E-state index >= 15 is 0 Å². The summed E-state index contributed by atoms with van der Waals surface area (Å²) >= 11 is 3.54. The first-order chi connectivity index (χ1) is 11.4. The first-order valence-corrected chi connectivity index (χ1v) is 9.48. The Balaban J connectivity index is 0.00000312. The van der Waals surface area contributed by atoms with Gasteiger partial charge in [0.2, 0.25) is 0 Å². The van der Waals surface area contributed by atoms with E-state index in [4.69, 9.17) is 0 Å². The van der Waals surface area contributed by atoms with Crippen LogP contribution in [0, 0.1) is 0 Å². The fourth-order valence-electron chi connectivity index (χ4n) is 3.38. The average molecular weight is 427 g/mol. The van der Waals surface area contributed by atoms with Gasteiger partial charge in [-0.2, -0.15) is 0 Å². The minimum absolute atomic E-state index is 0. The molecule has 0 saturated carbocycles. The molecule has 0 amide bonds. The zero-order valence-corrected chi connectivity index (χ0v) is 17.8. The molecule has 1 unspecified atom stereocenters. The Morgan fingerprint density at radius 2 is 1.56 bits per heavy atom. The van der Waals surface area contributed by atoms with Gasteiger partial charge in [0.05, 0.1) is 0 Å². The van der Waals surface area contributed by atoms with Crippen LogP contribution in [0.1, 0.15) is 51.2 Å². The average Bonchev–Trinajstić information content (AvgIpc) is 2.54. The number of phenolic OH excluding ortho intramolecular Hbond substituents is 1. The summed E-state index contributed by atoms with van der Waals surface area (Å²) in [7, 11) is 0. The molecule has 2 rings (SSSR count). The van der Waals surface area contributed by atoms with Crippen LogP contribution in [-0.2, 0) is 0 Å². The molecular weight excluding hydrogens is 398 g/mol. The number of hydrogen-bond acceptors (Lipinski definition) is 2. The number of hydrogen-bond donors (Lipinski definition) is 1. The zero-order chi connectivity index (χ0) is 17.7. The summed E-state index contributed by atoms with van der Waals surface area (Å²) in [6, 6.07) is 17.2. The van der Waals surface area contributed by atoms with E-state index in [1.165, 1.54) is 5.56 Å². The van der Waals surface area contributed by atoms with E-state index < -0.39 is 0 Å². The molecule has 1 atom stereocenters. The van der Waals surface area contributed by atoms with Crippen molar-refractivity contribution < 1.29 is 5.11 Å². The number of nitrogens with zero attached hydrogens (tertiary/aromatic N) is 1. The zero-order valence-electron chi connectivity index (χ0n) is 15.4. The molecule has 2 nitrogen and oxygen atoms in total. The van der Waals surface area contributed by atoms with Crippen molar-refractivity contribution in [3.05, 3.63) is 64.1 Å². The Morgan fingerprint density at radius 1 is 0.960 bits per heavy atom. The fraction of sp³-hybridized carbons (Fsp3) is 0.429. The van der Waals surface area contributed by atoms with Crippen LogP contribution in [0.25, 0.3) is 0 Å². The van der Waals surface area contributed by atoms with E-state index in [-0.39, 0.29) is 18.3 Å². The van der Waals surface area contributed by atoms with E-state index in [0.29, 0.717) is 17.8 Å². The maximum atomic E-state index is 10.4. The van der Waals surface area contributed by atoms with Gasteiger partial charge in [-0.1, -0.05) is 46.3 Å². The van der Waals surface area contributed by atoms with Crippen LogP contribution in [0.4, 0.5) is 0 Å². The van der Waals surface area contributed by atoms with Crippen molar-refractivity contribution in [3.8, 4) is 5.75 Å². The predicted octanol–water partition coefficient (Wildman–Crippen LogP) is 6.22. The Labute approximate surface area is 166 Å². The van der Waals surface area contributed by atoms with Crippen LogP contribution in [-0.4, -0.2) is 28.6 Å². The molecule has 0 heterocycles. The predicted molar refractivity (Wildman–Crippen MR) is 113 cm³/mol. The highest BCUT2D eigenvalue weighted by atomic mass is 79.9. The number of phenols is 1. The van der Waals surface area contributed by atoms with Crippen molar-refractivity contribution in [2.45, 2.75) is 52.1 Å². The van der Waals surface area contributed by atoms with Crippen LogP contribution in [0.3, 0.4) is 0 Å². The third kappa shape index (κ3) is 6.02. The van der Waals surface area contributed by atoms with Crippen LogP contribution in [0.15, 0.2) is 53.0 Å². The summed E-state index contributed by atoms with van der Waals surface area (Å²) in [6.45, 7) is 9.98. The number of rotatable bonds is 7. The van der Waals surface area contributed by atoms with Gasteiger partial charge in [0.25, 0.3) is 0 Å². The second kappa shape index (κ2) is 10.2. The number of aromatic hydroxyl groups is 1. The molecule has 0 radical (unpaired) electrons. The topological polar surface area (TPSA) is 23.5 Å². The third-order valence-corrected chi connectivity index (χ3v) is 5.06. The molecule has 1 N–H and O–H groups in total. The molecule has 0 aromatic heterocycles. The van der Waals surface area contributed by atoms with E-state index in [1.807, 2.05) is 18.2 Å². The normalized spacial score (nSPS) is 12.5. The van der Waals surface area contributed by atoms with Crippen molar-refractivity contribution >= 4 is 28.3 Å². The quantitative estimate of drug-likeness (QED) is 0.568. The molecule has 138 valence electrons. The first kappa shape index (κ1) is 22.0. The summed E-state index contributed by atoms with van der Waals surface area (Å²) in [5.41, 5.74) is 2.24. The molecule has 0 bridgehead atoms. The molecule has 2 aromatic rings. The van der Waals surface area contributed by atoms with Crippen LogP contribution < -0.4 is 0 Å². The van der Waals surface area contributed by atoms with Crippen LogP contribution in [0.2, 0.25) is 0 Å². The molecule has 2 aromatic carbocycles. The molecule has 0 aliphatic rings. The Hall–Kier alpha value is -1.03. The maximum Gasteiger partial charge on any atom is 0.119 e. The highest BCUT2D eigenvalue weighted by Crippen LogP contribution is 2.36. The highest BCUT2D eigenvalue weighted by molar-refractivity contribution is 9.10. The van der Waals surface area contributed by atoms with Gasteiger partial charge < -0.3 is 5.11 Å². The molecule has 0 aliphatic carbocycles. The highest BCUT2D eigenvalue weighted by Gasteiger charge is 2.21. The summed E-state index contributed by atoms with van der Waals surface area (Å²) in [5, 5.41) is 10.4. The number of benzene rings is 2. The van der Waals surface area contributed by atoms with Crippen molar-refractivity contribution in [1.29, 1.82) is 0 Å². The summed E-state index contributed by atoms with van der Waals surface area (Å²) in [5.74, 6) is 0.552. The van der Waals surface area contributed by atoms with Gasteiger partial charge in [0, 0.05) is 28.0 Å². The van der Waals surface area contributed by atoms with Gasteiger partial charge in [-0.15, -0.1) is 12.4 Å². The van der Waals surface area contributed by atoms with Gasteiger partial charge in [0.15, 0.2) is 0 Å². The lowest BCUT2D eigenvalue weighted by Crippen LogP contribution is -2.38. The van der Waals surface area contributed by atoms with Gasteiger partial charge >= 0.3 is 0 Å². The minimum atomic E-state index is 0. The van der Waals surface area contributed by atoms with Crippen molar-refractivity contribution in [3.63, 3.8) is 0 Å². The lowest BCUT2D eigenvalue weighted by Gasteiger charge is -2.32. The largest absolute Gasteiger partial charge is 0.508 e. The van der Waals surface area contributed by atoms with E-state index in [9.17, 15) is 5.11 Å². The molecule has 4 heteroatoms. The van der Waals surface area contributed by atoms with Gasteiger partial charge in [-0.05, 0) is 64.4 Å². The van der Waals surface area contributed by atoms with E-state index in [0.717, 1.165) is 23.0 Å². The SMILES string of the molecule is CC(C)N(CCC(c1ccccc1)c1cc(Br)ccc1O)C(C)C.Cl. The van der Waals surface area contributed by atoms with Crippen LogP contribution in [0.5, 0.6) is 5.75 Å². The minimum Gasteiger partial charge on any atom is -0.508 e. The monoisotopic (exact) mass is 425 g/mol. The number of halogens is 2. The second-order valence-electron chi connectivity index (χ2n) is 6.88. The van der Waals surface area contributed by atoms with Crippen molar-refractivity contribution in [2.24, 2.45) is 0 Å². The summed E-state index contributed by atoms with van der Waals surface area (Å²) in [4.78, 5) is 2.50. The molecular formula is C21H29BrClNO. The van der Waals surface area contributed by atoms with Gasteiger partial charge in [-0.3, -0.25) is 4.90 Å². The van der Waals surface area contributed by atoms with E-state index in [1.54, 1.807) is 6.07 Å².